The van der Waals surface area contributed by atoms with Crippen molar-refractivity contribution in [1.29, 1.82) is 0 Å². The molecule has 1 aliphatic rings. The Balaban J connectivity index is 2.11. The van der Waals surface area contributed by atoms with E-state index in [2.05, 4.69) is 42.7 Å². The highest BCUT2D eigenvalue weighted by Gasteiger charge is 2.17. The lowest BCUT2D eigenvalue weighted by atomic mass is 9.86. The Morgan fingerprint density at radius 3 is 2.83 bits per heavy atom. The Morgan fingerprint density at radius 2 is 2.17 bits per heavy atom. The summed E-state index contributed by atoms with van der Waals surface area (Å²) in [5, 5.41) is 2.73. The quantitative estimate of drug-likeness (QED) is 0.321. The molecule has 0 saturated carbocycles. The number of hydrogen-bond donors (Lipinski definition) is 1. The second-order valence-corrected chi connectivity index (χ2v) is 5.75. The van der Waals surface area contributed by atoms with Crippen molar-refractivity contribution < 1.29 is 4.42 Å². The van der Waals surface area contributed by atoms with E-state index in [0.717, 1.165) is 24.8 Å². The normalized spacial score (nSPS) is 16.7. The first-order chi connectivity index (χ1) is 11.5. The fourth-order valence-corrected chi connectivity index (χ4v) is 2.54. The molecule has 126 valence electrons. The number of allylic oxidation sites excluding steroid dienone is 3. The molecule has 1 aliphatic carbocycles. The Kier molecular flexibility index (Phi) is 6.07. The largest absolute Gasteiger partial charge is 0.436 e. The van der Waals surface area contributed by atoms with E-state index in [1.165, 1.54) is 11.6 Å². The number of amidine groups is 1. The maximum Gasteiger partial charge on any atom is 0.260 e. The molecule has 0 aromatic carbocycles. The van der Waals surface area contributed by atoms with E-state index in [9.17, 15) is 4.91 Å². The summed E-state index contributed by atoms with van der Waals surface area (Å²) < 4.78 is 5.16. The van der Waals surface area contributed by atoms with Gasteiger partial charge in [0.2, 0.25) is 0 Å². The topological polar surface area (TPSA) is 81.0 Å². The minimum Gasteiger partial charge on any atom is -0.436 e. The Labute approximate surface area is 142 Å². The van der Waals surface area contributed by atoms with Crippen LogP contribution in [0.4, 0.5) is 5.88 Å². The molecule has 2 N–H and O–H groups in total. The third kappa shape index (κ3) is 4.41. The number of nitroso groups, excluding NO2 is 1. The monoisotopic (exact) mass is 325 g/mol. The predicted molar refractivity (Wildman–Crippen MR) is 98.8 cm³/mol. The maximum atomic E-state index is 10.4. The van der Waals surface area contributed by atoms with Crippen LogP contribution in [0.3, 0.4) is 0 Å². The maximum absolute atomic E-state index is 10.4. The zero-order valence-electron chi connectivity index (χ0n) is 14.2. The van der Waals surface area contributed by atoms with E-state index in [1.807, 2.05) is 0 Å². The minimum absolute atomic E-state index is 0.0407. The lowest BCUT2D eigenvalue weighted by Gasteiger charge is -2.21. The van der Waals surface area contributed by atoms with E-state index in [0.29, 0.717) is 23.2 Å². The van der Waals surface area contributed by atoms with Gasteiger partial charge in [-0.25, -0.2) is 4.99 Å². The first-order valence-electron chi connectivity index (χ1n) is 8.10. The number of nitrogens with two attached hydrogens (primary N) is 1. The van der Waals surface area contributed by atoms with Gasteiger partial charge in [0.15, 0.2) is 0 Å². The van der Waals surface area contributed by atoms with Gasteiger partial charge in [0, 0.05) is 16.8 Å². The molecule has 2 rings (SSSR count). The summed E-state index contributed by atoms with van der Waals surface area (Å²) in [6.07, 6.45) is 10.8. The smallest absolute Gasteiger partial charge is 0.260 e. The standard InChI is InChI=1S/C19H23N3O2/c1-4-13(2)16-7-5-6-8-17(16)19(20)21-14(3)9-10-15-11-12-18(22-23)24-15/h7-13H,3-6H2,1-2H3,(H2,20,21)/b10-9+. The Bertz CT molecular complexity index is 736. The van der Waals surface area contributed by atoms with Gasteiger partial charge in [0.1, 0.15) is 11.6 Å². The van der Waals surface area contributed by atoms with E-state index >= 15 is 0 Å². The molecule has 0 fully saturated rings. The van der Waals surface area contributed by atoms with Gasteiger partial charge in [-0.2, -0.15) is 0 Å². The van der Waals surface area contributed by atoms with Crippen molar-refractivity contribution >= 4 is 17.8 Å². The van der Waals surface area contributed by atoms with Crippen molar-refractivity contribution in [3.8, 4) is 0 Å². The molecule has 0 bridgehead atoms. The van der Waals surface area contributed by atoms with Gasteiger partial charge in [0.05, 0.1) is 5.70 Å². The van der Waals surface area contributed by atoms with Crippen LogP contribution in [0.25, 0.3) is 6.08 Å². The average Bonchev–Trinajstić information content (AvgIpc) is 3.07. The summed E-state index contributed by atoms with van der Waals surface area (Å²) in [5.74, 6) is 1.48. The van der Waals surface area contributed by atoms with Gasteiger partial charge < -0.3 is 10.2 Å². The van der Waals surface area contributed by atoms with Crippen molar-refractivity contribution in [3.63, 3.8) is 0 Å². The van der Waals surface area contributed by atoms with E-state index in [1.54, 1.807) is 18.2 Å². The molecule has 1 heterocycles. The fourth-order valence-electron chi connectivity index (χ4n) is 2.54. The molecule has 5 heteroatoms. The van der Waals surface area contributed by atoms with Gasteiger partial charge in [-0.05, 0) is 49.0 Å². The van der Waals surface area contributed by atoms with Gasteiger partial charge in [-0.15, -0.1) is 4.91 Å². The number of rotatable bonds is 7. The van der Waals surface area contributed by atoms with Crippen LogP contribution in [0.1, 0.15) is 38.9 Å². The van der Waals surface area contributed by atoms with Gasteiger partial charge in [0.25, 0.3) is 5.88 Å². The third-order valence-corrected chi connectivity index (χ3v) is 4.02. The van der Waals surface area contributed by atoms with Crippen LogP contribution in [-0.2, 0) is 0 Å². The molecule has 24 heavy (non-hydrogen) atoms. The first-order valence-corrected chi connectivity index (χ1v) is 8.10. The molecule has 0 amide bonds. The van der Waals surface area contributed by atoms with E-state index < -0.39 is 0 Å². The summed E-state index contributed by atoms with van der Waals surface area (Å²) >= 11 is 0. The average molecular weight is 325 g/mol. The van der Waals surface area contributed by atoms with E-state index in [4.69, 9.17) is 10.2 Å². The molecule has 0 saturated heterocycles. The second-order valence-electron chi connectivity index (χ2n) is 5.75. The summed E-state index contributed by atoms with van der Waals surface area (Å²) in [7, 11) is 0. The minimum atomic E-state index is 0.0407. The molecule has 1 aromatic rings. The predicted octanol–water partition coefficient (Wildman–Crippen LogP) is 5.25. The molecular formula is C19H23N3O2. The fraction of sp³-hybridized carbons (Fsp3) is 0.316. The van der Waals surface area contributed by atoms with Crippen molar-refractivity contribution in [1.82, 2.24) is 0 Å². The van der Waals surface area contributed by atoms with Crippen molar-refractivity contribution in [2.24, 2.45) is 21.8 Å². The molecule has 0 radical (unpaired) electrons. The molecule has 0 aliphatic heterocycles. The molecule has 1 unspecified atom stereocenters. The summed E-state index contributed by atoms with van der Waals surface area (Å²) in [4.78, 5) is 14.7. The summed E-state index contributed by atoms with van der Waals surface area (Å²) in [5.41, 5.74) is 8.98. The summed E-state index contributed by atoms with van der Waals surface area (Å²) in [6, 6.07) is 3.16. The van der Waals surface area contributed by atoms with Crippen LogP contribution in [-0.4, -0.2) is 5.84 Å². The summed E-state index contributed by atoms with van der Waals surface area (Å²) in [6.45, 7) is 8.26. The molecular weight excluding hydrogens is 302 g/mol. The lowest BCUT2D eigenvalue weighted by Crippen LogP contribution is -2.20. The SMILES string of the molecule is C=C(/C=C/c1ccc(N=O)o1)N=C(N)C1=CCCC=C1C(C)CC. The Hall–Kier alpha value is -2.69. The third-order valence-electron chi connectivity index (χ3n) is 4.02. The number of aliphatic imine (C=N–C) groups is 1. The Morgan fingerprint density at radius 1 is 1.42 bits per heavy atom. The van der Waals surface area contributed by atoms with Crippen LogP contribution < -0.4 is 5.73 Å². The molecule has 1 aromatic heterocycles. The highest BCUT2D eigenvalue weighted by molar-refractivity contribution is 6.02. The van der Waals surface area contributed by atoms with E-state index in [-0.39, 0.29) is 5.88 Å². The van der Waals surface area contributed by atoms with Gasteiger partial charge in [-0.3, -0.25) is 0 Å². The van der Waals surface area contributed by atoms with Crippen molar-refractivity contribution in [2.45, 2.75) is 33.1 Å². The van der Waals surface area contributed by atoms with Gasteiger partial charge >= 0.3 is 0 Å². The van der Waals surface area contributed by atoms with Crippen molar-refractivity contribution in [3.05, 3.63) is 64.5 Å². The molecule has 0 spiro atoms. The number of furan rings is 1. The van der Waals surface area contributed by atoms with Crippen LogP contribution in [0.15, 0.2) is 68.4 Å². The van der Waals surface area contributed by atoms with Crippen LogP contribution in [0, 0.1) is 10.8 Å². The zero-order valence-corrected chi connectivity index (χ0v) is 14.2. The van der Waals surface area contributed by atoms with Crippen molar-refractivity contribution in [2.75, 3.05) is 0 Å². The zero-order chi connectivity index (χ0) is 17.5. The van der Waals surface area contributed by atoms with Crippen LogP contribution >= 0.6 is 0 Å². The number of nitrogens with zero attached hydrogens (tertiary/aromatic N) is 2. The highest BCUT2D eigenvalue weighted by Crippen LogP contribution is 2.28. The molecule has 5 nitrogen and oxygen atoms in total. The van der Waals surface area contributed by atoms with Crippen LogP contribution in [0.5, 0.6) is 0 Å². The molecule has 1 atom stereocenters. The lowest BCUT2D eigenvalue weighted by molar-refractivity contribution is 0.566. The highest BCUT2D eigenvalue weighted by atomic mass is 16.4. The number of hydrogen-bond acceptors (Lipinski definition) is 4. The second kappa shape index (κ2) is 8.24. The van der Waals surface area contributed by atoms with Gasteiger partial charge in [-0.1, -0.05) is 32.6 Å². The van der Waals surface area contributed by atoms with Crippen LogP contribution in [0.2, 0.25) is 0 Å². The first kappa shape index (κ1) is 17.7.